The molecule has 0 unspecified atom stereocenters. The first-order valence-electron chi connectivity index (χ1n) is 10.9. The van der Waals surface area contributed by atoms with Crippen LogP contribution in [0.4, 0.5) is 16.3 Å². The molecule has 1 N–H and O–H groups in total. The molecule has 2 aromatic carbocycles. The Bertz CT molecular complexity index is 1070. The third-order valence-corrected chi connectivity index (χ3v) is 5.78. The van der Waals surface area contributed by atoms with Crippen molar-refractivity contribution in [3.05, 3.63) is 71.4 Å². The van der Waals surface area contributed by atoms with Crippen LogP contribution >= 0.6 is 0 Å². The molecule has 0 aliphatic carbocycles. The number of fused-ring (bicyclic) bond motifs is 1. The second-order valence-corrected chi connectivity index (χ2v) is 7.83. The zero-order chi connectivity index (χ0) is 21.8. The zero-order valence-corrected chi connectivity index (χ0v) is 18.4. The highest BCUT2D eigenvalue weighted by Gasteiger charge is 2.27. The maximum Gasteiger partial charge on any atom is 0.322 e. The Balaban J connectivity index is 1.61. The van der Waals surface area contributed by atoms with Gasteiger partial charge >= 0.3 is 6.03 Å². The van der Waals surface area contributed by atoms with E-state index in [0.717, 1.165) is 47.1 Å². The van der Waals surface area contributed by atoms with Crippen molar-refractivity contribution in [2.45, 2.75) is 33.2 Å². The largest absolute Gasteiger partial charge is 0.360 e. The van der Waals surface area contributed by atoms with Crippen LogP contribution in [0.3, 0.4) is 0 Å². The number of carbonyl (C=O) groups is 1. The zero-order valence-electron chi connectivity index (χ0n) is 18.4. The number of aromatic nitrogens is 2. The molecule has 1 aliphatic heterocycles. The molecule has 0 bridgehead atoms. The molecule has 0 saturated heterocycles. The summed E-state index contributed by atoms with van der Waals surface area (Å²) in [5, 5.41) is 3.05. The van der Waals surface area contributed by atoms with Crippen molar-refractivity contribution in [2.75, 3.05) is 30.4 Å². The van der Waals surface area contributed by atoms with E-state index in [2.05, 4.69) is 30.1 Å². The van der Waals surface area contributed by atoms with E-state index in [4.69, 9.17) is 9.97 Å². The third kappa shape index (κ3) is 4.53. The molecule has 0 fully saturated rings. The number of amides is 2. The third-order valence-electron chi connectivity index (χ3n) is 5.78. The Labute approximate surface area is 183 Å². The van der Waals surface area contributed by atoms with E-state index in [0.29, 0.717) is 19.5 Å². The molecule has 1 aliphatic rings. The lowest BCUT2D eigenvalue weighted by atomic mass is 10.0. The molecular weight excluding hydrogens is 386 g/mol. The highest BCUT2D eigenvalue weighted by molar-refractivity contribution is 5.89. The fourth-order valence-corrected chi connectivity index (χ4v) is 3.82. The van der Waals surface area contributed by atoms with Crippen LogP contribution in [0.25, 0.3) is 11.4 Å². The maximum absolute atomic E-state index is 13.0. The number of aryl methyl sites for hydroxylation is 1. The molecule has 31 heavy (non-hydrogen) atoms. The maximum atomic E-state index is 13.0. The van der Waals surface area contributed by atoms with Gasteiger partial charge in [-0.3, -0.25) is 0 Å². The molecule has 160 valence electrons. The first kappa shape index (κ1) is 20.8. The number of nitrogens with zero attached hydrogens (tertiary/aromatic N) is 4. The van der Waals surface area contributed by atoms with Crippen LogP contribution in [-0.4, -0.2) is 41.0 Å². The summed E-state index contributed by atoms with van der Waals surface area (Å²) < 4.78 is 0. The van der Waals surface area contributed by atoms with Crippen LogP contribution in [0.2, 0.25) is 0 Å². The molecule has 2 heterocycles. The molecule has 0 radical (unpaired) electrons. The van der Waals surface area contributed by atoms with Gasteiger partial charge in [-0.15, -0.1) is 0 Å². The fourth-order valence-electron chi connectivity index (χ4n) is 3.82. The summed E-state index contributed by atoms with van der Waals surface area (Å²) in [5.41, 5.74) is 5.10. The quantitative estimate of drug-likeness (QED) is 0.653. The number of nitrogens with one attached hydrogen (secondary N) is 1. The predicted molar refractivity (Wildman–Crippen MR) is 125 cm³/mol. The Kier molecular flexibility index (Phi) is 6.16. The van der Waals surface area contributed by atoms with E-state index in [1.165, 1.54) is 5.56 Å². The van der Waals surface area contributed by atoms with Gasteiger partial charge < -0.3 is 15.1 Å². The normalized spacial score (nSPS) is 12.9. The highest BCUT2D eigenvalue weighted by Crippen LogP contribution is 2.29. The van der Waals surface area contributed by atoms with Gasteiger partial charge in [-0.1, -0.05) is 49.4 Å². The van der Waals surface area contributed by atoms with E-state index in [1.807, 2.05) is 60.5 Å². The van der Waals surface area contributed by atoms with Crippen LogP contribution in [0.5, 0.6) is 0 Å². The predicted octanol–water partition coefficient (Wildman–Crippen LogP) is 4.75. The summed E-state index contributed by atoms with van der Waals surface area (Å²) in [5.74, 6) is 1.64. The van der Waals surface area contributed by atoms with Crippen molar-refractivity contribution in [3.8, 4) is 11.4 Å². The minimum absolute atomic E-state index is 0.0869. The van der Waals surface area contributed by atoms with E-state index in [1.54, 1.807) is 0 Å². The van der Waals surface area contributed by atoms with Gasteiger partial charge in [0.05, 0.1) is 12.2 Å². The molecule has 0 saturated carbocycles. The second-order valence-electron chi connectivity index (χ2n) is 7.83. The number of benzene rings is 2. The highest BCUT2D eigenvalue weighted by atomic mass is 16.2. The fraction of sp³-hybridized carbons (Fsp3) is 0.320. The summed E-state index contributed by atoms with van der Waals surface area (Å²) in [7, 11) is 2.03. The lowest BCUT2D eigenvalue weighted by molar-refractivity contribution is 0.206. The van der Waals surface area contributed by atoms with Gasteiger partial charge in [0.25, 0.3) is 0 Å². The Hall–Kier alpha value is -3.41. The van der Waals surface area contributed by atoms with Crippen LogP contribution in [0.15, 0.2) is 54.6 Å². The lowest BCUT2D eigenvalue weighted by Gasteiger charge is -2.31. The summed E-state index contributed by atoms with van der Waals surface area (Å²) in [4.78, 5) is 26.7. The molecule has 0 spiro atoms. The number of carbonyl (C=O) groups excluding carboxylic acids is 1. The second kappa shape index (κ2) is 9.16. The van der Waals surface area contributed by atoms with Crippen LogP contribution in [-0.2, 0) is 19.4 Å². The molecular formula is C25H29N5O. The number of hydrogen-bond acceptors (Lipinski definition) is 4. The van der Waals surface area contributed by atoms with Crippen LogP contribution < -0.4 is 10.2 Å². The number of hydrogen-bond donors (Lipinski definition) is 1. The number of rotatable bonds is 5. The van der Waals surface area contributed by atoms with E-state index < -0.39 is 0 Å². The molecule has 0 atom stereocenters. The van der Waals surface area contributed by atoms with E-state index >= 15 is 0 Å². The minimum Gasteiger partial charge on any atom is -0.360 e. The standard InChI is InChI=1S/C25H29N5O/c1-4-18-10-9-13-20(16-18)26-25(31)30-15-14-22-21(17-30)24(29(3)5-2)28-23(27-22)19-11-7-6-8-12-19/h6-13,16H,4-5,14-15,17H2,1-3H3,(H,26,31). The number of urea groups is 1. The topological polar surface area (TPSA) is 61.4 Å². The van der Waals surface area contributed by atoms with Crippen molar-refractivity contribution in [1.82, 2.24) is 14.9 Å². The minimum atomic E-state index is -0.0869. The molecule has 2 amide bonds. The van der Waals surface area contributed by atoms with Crippen molar-refractivity contribution in [2.24, 2.45) is 0 Å². The summed E-state index contributed by atoms with van der Waals surface area (Å²) in [6.45, 7) is 6.17. The van der Waals surface area contributed by atoms with Crippen molar-refractivity contribution in [3.63, 3.8) is 0 Å². The summed E-state index contributed by atoms with van der Waals surface area (Å²) >= 11 is 0. The van der Waals surface area contributed by atoms with Crippen molar-refractivity contribution >= 4 is 17.5 Å². The van der Waals surface area contributed by atoms with E-state index in [-0.39, 0.29) is 6.03 Å². The molecule has 3 aromatic rings. The molecule has 6 heteroatoms. The molecule has 6 nitrogen and oxygen atoms in total. The monoisotopic (exact) mass is 415 g/mol. The summed E-state index contributed by atoms with van der Waals surface area (Å²) in [6, 6.07) is 18.0. The van der Waals surface area contributed by atoms with Gasteiger partial charge in [-0.2, -0.15) is 0 Å². The summed E-state index contributed by atoms with van der Waals surface area (Å²) in [6.07, 6.45) is 1.65. The first-order chi connectivity index (χ1) is 15.1. The first-order valence-corrected chi connectivity index (χ1v) is 10.9. The van der Waals surface area contributed by atoms with Gasteiger partial charge in [0.1, 0.15) is 5.82 Å². The lowest BCUT2D eigenvalue weighted by Crippen LogP contribution is -2.40. The van der Waals surface area contributed by atoms with Gasteiger partial charge in [0.2, 0.25) is 0 Å². The van der Waals surface area contributed by atoms with Gasteiger partial charge in [-0.25, -0.2) is 14.8 Å². The van der Waals surface area contributed by atoms with Gasteiger partial charge in [0.15, 0.2) is 5.82 Å². The van der Waals surface area contributed by atoms with Crippen molar-refractivity contribution in [1.29, 1.82) is 0 Å². The van der Waals surface area contributed by atoms with Gasteiger partial charge in [-0.05, 0) is 31.0 Å². The van der Waals surface area contributed by atoms with Crippen LogP contribution in [0, 0.1) is 0 Å². The SMILES string of the molecule is CCc1cccc(NC(=O)N2CCc3nc(-c4ccccc4)nc(N(C)CC)c3C2)c1. The molecule has 4 rings (SSSR count). The Morgan fingerprint density at radius 1 is 1.10 bits per heavy atom. The van der Waals surface area contributed by atoms with Gasteiger partial charge in [0, 0.05) is 43.4 Å². The Morgan fingerprint density at radius 3 is 2.65 bits per heavy atom. The average Bonchev–Trinajstić information content (AvgIpc) is 2.83. The molecule has 1 aromatic heterocycles. The van der Waals surface area contributed by atoms with E-state index in [9.17, 15) is 4.79 Å². The average molecular weight is 416 g/mol. The van der Waals surface area contributed by atoms with Crippen molar-refractivity contribution < 1.29 is 4.79 Å². The number of anilines is 2. The van der Waals surface area contributed by atoms with Crippen LogP contribution in [0.1, 0.15) is 30.7 Å². The smallest absolute Gasteiger partial charge is 0.322 e. The Morgan fingerprint density at radius 2 is 1.90 bits per heavy atom.